The first kappa shape index (κ1) is 17.7. The maximum Gasteiger partial charge on any atom is 0.407 e. The minimum absolute atomic E-state index is 0.187. The van der Waals surface area contributed by atoms with Crippen LogP contribution < -0.4 is 10.6 Å². The third kappa shape index (κ3) is 6.57. The summed E-state index contributed by atoms with van der Waals surface area (Å²) in [6.07, 6.45) is 5.82. The van der Waals surface area contributed by atoms with Gasteiger partial charge in [0.15, 0.2) is 0 Å². The van der Waals surface area contributed by atoms with Crippen molar-refractivity contribution in [2.45, 2.75) is 77.6 Å². The molecule has 0 aromatic carbocycles. The Morgan fingerprint density at radius 3 is 2.70 bits per heavy atom. The van der Waals surface area contributed by atoms with Gasteiger partial charge < -0.3 is 15.4 Å². The van der Waals surface area contributed by atoms with Crippen LogP contribution in [0.1, 0.15) is 57.7 Å². The standard InChI is InChI=1S/C18H29N3O2/c1-13-8-9-14(11-19-13)12-20-15-6-5-7-16(10-15)21-17(22)23-18(2,3)4/h8-9,11,15-16,20H,5-7,10,12H2,1-4H3,(H,21,22). The Kier molecular flexibility index (Phi) is 5.99. The number of ether oxygens (including phenoxy) is 1. The quantitative estimate of drug-likeness (QED) is 0.893. The molecule has 1 saturated carbocycles. The van der Waals surface area contributed by atoms with Gasteiger partial charge >= 0.3 is 6.09 Å². The molecular weight excluding hydrogens is 290 g/mol. The minimum Gasteiger partial charge on any atom is -0.444 e. The van der Waals surface area contributed by atoms with Crippen molar-refractivity contribution >= 4 is 6.09 Å². The van der Waals surface area contributed by atoms with E-state index in [-0.39, 0.29) is 12.1 Å². The van der Waals surface area contributed by atoms with Gasteiger partial charge in [0.1, 0.15) is 5.60 Å². The number of amides is 1. The number of hydrogen-bond acceptors (Lipinski definition) is 4. The van der Waals surface area contributed by atoms with E-state index in [1.54, 1.807) is 0 Å². The van der Waals surface area contributed by atoms with E-state index in [1.807, 2.05) is 40.0 Å². The highest BCUT2D eigenvalue weighted by molar-refractivity contribution is 5.68. The zero-order valence-corrected chi connectivity index (χ0v) is 14.7. The molecule has 0 radical (unpaired) electrons. The molecule has 1 heterocycles. The molecular formula is C18H29N3O2. The fraction of sp³-hybridized carbons (Fsp3) is 0.667. The summed E-state index contributed by atoms with van der Waals surface area (Å²) >= 11 is 0. The zero-order valence-electron chi connectivity index (χ0n) is 14.7. The van der Waals surface area contributed by atoms with Crippen molar-refractivity contribution in [2.75, 3.05) is 0 Å². The van der Waals surface area contributed by atoms with Crippen molar-refractivity contribution < 1.29 is 9.53 Å². The molecule has 1 aliphatic rings. The zero-order chi connectivity index (χ0) is 16.9. The Labute approximate surface area is 139 Å². The van der Waals surface area contributed by atoms with Crippen LogP contribution in [0.2, 0.25) is 0 Å². The first-order valence-electron chi connectivity index (χ1n) is 8.46. The molecule has 5 nitrogen and oxygen atoms in total. The fourth-order valence-electron chi connectivity index (χ4n) is 2.85. The smallest absolute Gasteiger partial charge is 0.407 e. The van der Waals surface area contributed by atoms with E-state index < -0.39 is 5.60 Å². The van der Waals surface area contributed by atoms with E-state index in [0.717, 1.165) is 37.9 Å². The lowest BCUT2D eigenvalue weighted by molar-refractivity contribution is 0.0488. The molecule has 2 unspecified atom stereocenters. The summed E-state index contributed by atoms with van der Waals surface area (Å²) in [5.74, 6) is 0. The molecule has 0 bridgehead atoms. The van der Waals surface area contributed by atoms with Crippen LogP contribution in [0.25, 0.3) is 0 Å². The van der Waals surface area contributed by atoms with Crippen LogP contribution in [0.15, 0.2) is 18.3 Å². The molecule has 1 aliphatic carbocycles. The van der Waals surface area contributed by atoms with Gasteiger partial charge in [0.2, 0.25) is 0 Å². The molecule has 0 aliphatic heterocycles. The topological polar surface area (TPSA) is 63.2 Å². The van der Waals surface area contributed by atoms with Crippen molar-refractivity contribution in [3.63, 3.8) is 0 Å². The monoisotopic (exact) mass is 319 g/mol. The average molecular weight is 319 g/mol. The van der Waals surface area contributed by atoms with Crippen LogP contribution in [0.3, 0.4) is 0 Å². The lowest BCUT2D eigenvalue weighted by Crippen LogP contribution is -2.45. The number of carbonyl (C=O) groups is 1. The van der Waals surface area contributed by atoms with Gasteiger partial charge in [-0.25, -0.2) is 4.79 Å². The lowest BCUT2D eigenvalue weighted by Gasteiger charge is -2.31. The van der Waals surface area contributed by atoms with Gasteiger partial charge in [-0.2, -0.15) is 0 Å². The number of nitrogens with zero attached hydrogens (tertiary/aromatic N) is 1. The number of hydrogen-bond donors (Lipinski definition) is 2. The molecule has 1 amide bonds. The number of aryl methyl sites for hydroxylation is 1. The van der Waals surface area contributed by atoms with Crippen LogP contribution in [0.5, 0.6) is 0 Å². The molecule has 5 heteroatoms. The predicted octanol–water partition coefficient (Wildman–Crippen LogP) is 3.32. The normalized spacial score (nSPS) is 21.7. The van der Waals surface area contributed by atoms with Gasteiger partial charge in [0.05, 0.1) is 0 Å². The summed E-state index contributed by atoms with van der Waals surface area (Å²) < 4.78 is 5.34. The maximum atomic E-state index is 11.9. The summed E-state index contributed by atoms with van der Waals surface area (Å²) in [6.45, 7) is 8.46. The molecule has 1 aromatic heterocycles. The van der Waals surface area contributed by atoms with E-state index in [4.69, 9.17) is 4.74 Å². The Bertz CT molecular complexity index is 508. The Hall–Kier alpha value is -1.62. The van der Waals surface area contributed by atoms with Crippen LogP contribution in [0, 0.1) is 6.92 Å². The summed E-state index contributed by atoms with van der Waals surface area (Å²) in [7, 11) is 0. The van der Waals surface area contributed by atoms with Crippen molar-refractivity contribution in [2.24, 2.45) is 0 Å². The second-order valence-corrected chi connectivity index (χ2v) is 7.40. The molecule has 1 fully saturated rings. The third-order valence-electron chi connectivity index (χ3n) is 3.96. The number of rotatable bonds is 4. The number of pyridine rings is 1. The first-order chi connectivity index (χ1) is 10.8. The molecule has 0 spiro atoms. The van der Waals surface area contributed by atoms with Gasteiger partial charge in [-0.15, -0.1) is 0 Å². The van der Waals surface area contributed by atoms with Crippen molar-refractivity contribution in [3.05, 3.63) is 29.6 Å². The molecule has 1 aromatic rings. The van der Waals surface area contributed by atoms with Crippen LogP contribution >= 0.6 is 0 Å². The summed E-state index contributed by atoms with van der Waals surface area (Å²) in [5.41, 5.74) is 1.78. The van der Waals surface area contributed by atoms with Crippen LogP contribution in [-0.4, -0.2) is 28.8 Å². The minimum atomic E-state index is -0.450. The lowest BCUT2D eigenvalue weighted by atomic mass is 9.91. The van der Waals surface area contributed by atoms with Gasteiger partial charge in [-0.3, -0.25) is 4.98 Å². The van der Waals surface area contributed by atoms with Crippen molar-refractivity contribution in [1.82, 2.24) is 15.6 Å². The molecule has 2 N–H and O–H groups in total. The van der Waals surface area contributed by atoms with Gasteiger partial charge in [-0.1, -0.05) is 6.07 Å². The molecule has 23 heavy (non-hydrogen) atoms. The van der Waals surface area contributed by atoms with Crippen LogP contribution in [-0.2, 0) is 11.3 Å². The van der Waals surface area contributed by atoms with Crippen LogP contribution in [0.4, 0.5) is 4.79 Å². The largest absolute Gasteiger partial charge is 0.444 e. The summed E-state index contributed by atoms with van der Waals surface area (Å²) in [5, 5.41) is 6.57. The van der Waals surface area contributed by atoms with Gasteiger partial charge in [-0.05, 0) is 65.0 Å². The second-order valence-electron chi connectivity index (χ2n) is 7.40. The maximum absolute atomic E-state index is 11.9. The molecule has 2 rings (SSSR count). The number of nitrogens with one attached hydrogen (secondary N) is 2. The van der Waals surface area contributed by atoms with Gasteiger partial charge in [0.25, 0.3) is 0 Å². The molecule has 128 valence electrons. The molecule has 2 atom stereocenters. The van der Waals surface area contributed by atoms with Gasteiger partial charge in [0, 0.05) is 30.5 Å². The summed E-state index contributed by atoms with van der Waals surface area (Å²) in [6, 6.07) is 4.75. The Balaban J connectivity index is 1.76. The molecule has 0 saturated heterocycles. The SMILES string of the molecule is Cc1ccc(CNC2CCCC(NC(=O)OC(C)(C)C)C2)cn1. The van der Waals surface area contributed by atoms with Crippen molar-refractivity contribution in [1.29, 1.82) is 0 Å². The highest BCUT2D eigenvalue weighted by Gasteiger charge is 2.25. The first-order valence-corrected chi connectivity index (χ1v) is 8.46. The van der Waals surface area contributed by atoms with E-state index in [1.165, 1.54) is 5.56 Å². The van der Waals surface area contributed by atoms with E-state index in [0.29, 0.717) is 6.04 Å². The predicted molar refractivity (Wildman–Crippen MR) is 91.2 cm³/mol. The fourth-order valence-corrected chi connectivity index (χ4v) is 2.85. The summed E-state index contributed by atoms with van der Waals surface area (Å²) in [4.78, 5) is 16.2. The van der Waals surface area contributed by atoms with E-state index in [2.05, 4.69) is 21.7 Å². The Morgan fingerprint density at radius 1 is 1.30 bits per heavy atom. The third-order valence-corrected chi connectivity index (χ3v) is 3.96. The van der Waals surface area contributed by atoms with E-state index >= 15 is 0 Å². The number of aromatic nitrogens is 1. The number of carbonyl (C=O) groups excluding carboxylic acids is 1. The van der Waals surface area contributed by atoms with E-state index in [9.17, 15) is 4.79 Å². The average Bonchev–Trinajstić information content (AvgIpc) is 2.45. The number of alkyl carbamates (subject to hydrolysis) is 1. The highest BCUT2D eigenvalue weighted by atomic mass is 16.6. The van der Waals surface area contributed by atoms with Crippen molar-refractivity contribution in [3.8, 4) is 0 Å². The second kappa shape index (κ2) is 7.77. The Morgan fingerprint density at radius 2 is 2.04 bits per heavy atom. The highest BCUT2D eigenvalue weighted by Crippen LogP contribution is 2.19.